The quantitative estimate of drug-likeness (QED) is 0.924. The van der Waals surface area contributed by atoms with E-state index in [9.17, 15) is 12.8 Å². The highest BCUT2D eigenvalue weighted by Crippen LogP contribution is 2.34. The molecule has 1 aliphatic rings. The van der Waals surface area contributed by atoms with Crippen molar-refractivity contribution in [3.05, 3.63) is 30.1 Å². The highest BCUT2D eigenvalue weighted by atomic mass is 32.2. The van der Waals surface area contributed by atoms with Gasteiger partial charge in [0.1, 0.15) is 10.7 Å². The first-order chi connectivity index (χ1) is 8.95. The minimum absolute atomic E-state index is 0.0884. The normalized spacial score (nSPS) is 27.6. The van der Waals surface area contributed by atoms with E-state index in [2.05, 4.69) is 18.6 Å². The summed E-state index contributed by atoms with van der Waals surface area (Å²) in [6.07, 6.45) is 2.91. The Bertz CT molecular complexity index is 544. The number of nitrogens with one attached hydrogen (secondary N) is 1. The molecule has 0 amide bonds. The molecule has 0 saturated heterocycles. The third-order valence-corrected chi connectivity index (χ3v) is 5.71. The van der Waals surface area contributed by atoms with Crippen LogP contribution in [0.15, 0.2) is 29.2 Å². The van der Waals surface area contributed by atoms with E-state index in [4.69, 9.17) is 0 Å². The van der Waals surface area contributed by atoms with Crippen molar-refractivity contribution in [3.63, 3.8) is 0 Å². The van der Waals surface area contributed by atoms with Crippen LogP contribution in [0.3, 0.4) is 0 Å². The highest BCUT2D eigenvalue weighted by Gasteiger charge is 2.34. The molecule has 1 fully saturated rings. The molecular formula is C14H20FNO2S. The third kappa shape index (κ3) is 2.98. The third-order valence-electron chi connectivity index (χ3n) is 4.18. The minimum atomic E-state index is -3.76. The van der Waals surface area contributed by atoms with Crippen molar-refractivity contribution < 1.29 is 12.8 Å². The summed E-state index contributed by atoms with van der Waals surface area (Å²) in [4.78, 5) is -0.262. The average Bonchev–Trinajstić information content (AvgIpc) is 2.70. The first-order valence-corrected chi connectivity index (χ1v) is 8.21. The standard InChI is InChI=1S/C14H20FNO2S/c1-3-11-8-9-13(10(11)2)16-19(17,18)14-7-5-4-6-12(14)15/h4-7,10-11,13,16H,3,8-9H2,1-2H3. The lowest BCUT2D eigenvalue weighted by atomic mass is 9.94. The van der Waals surface area contributed by atoms with Crippen LogP contribution in [0, 0.1) is 17.7 Å². The predicted octanol–water partition coefficient (Wildman–Crippen LogP) is 2.93. The SMILES string of the molecule is CCC1CCC(NS(=O)(=O)c2ccccc2F)C1C. The zero-order valence-corrected chi connectivity index (χ0v) is 12.1. The molecule has 3 unspecified atom stereocenters. The van der Waals surface area contributed by atoms with Gasteiger partial charge >= 0.3 is 0 Å². The lowest BCUT2D eigenvalue weighted by Gasteiger charge is -2.21. The van der Waals surface area contributed by atoms with Crippen molar-refractivity contribution in [2.75, 3.05) is 0 Å². The molecule has 3 atom stereocenters. The molecule has 1 aliphatic carbocycles. The number of hydrogen-bond donors (Lipinski definition) is 1. The summed E-state index contributed by atoms with van der Waals surface area (Å²) < 4.78 is 40.6. The molecule has 0 bridgehead atoms. The van der Waals surface area contributed by atoms with Gasteiger partial charge in [-0.1, -0.05) is 32.4 Å². The van der Waals surface area contributed by atoms with Crippen molar-refractivity contribution in [1.82, 2.24) is 4.72 Å². The van der Waals surface area contributed by atoms with Crippen molar-refractivity contribution in [1.29, 1.82) is 0 Å². The maximum absolute atomic E-state index is 13.6. The zero-order chi connectivity index (χ0) is 14.0. The Labute approximate surface area is 114 Å². The topological polar surface area (TPSA) is 46.2 Å². The molecule has 1 aromatic carbocycles. The molecule has 1 saturated carbocycles. The second-order valence-electron chi connectivity index (χ2n) is 5.26. The Morgan fingerprint density at radius 3 is 2.58 bits per heavy atom. The Kier molecular flexibility index (Phi) is 4.26. The smallest absolute Gasteiger partial charge is 0.208 e. The molecule has 1 aromatic rings. The van der Waals surface area contributed by atoms with Gasteiger partial charge in [0, 0.05) is 6.04 Å². The van der Waals surface area contributed by atoms with Gasteiger partial charge in [-0.3, -0.25) is 0 Å². The molecule has 0 radical (unpaired) electrons. The number of hydrogen-bond acceptors (Lipinski definition) is 2. The van der Waals surface area contributed by atoms with E-state index in [-0.39, 0.29) is 10.9 Å². The van der Waals surface area contributed by atoms with Gasteiger partial charge in [-0.2, -0.15) is 0 Å². The molecule has 0 aromatic heterocycles. The summed E-state index contributed by atoms with van der Waals surface area (Å²) in [6.45, 7) is 4.19. The minimum Gasteiger partial charge on any atom is -0.208 e. The highest BCUT2D eigenvalue weighted by molar-refractivity contribution is 7.89. The van der Waals surface area contributed by atoms with Crippen molar-refractivity contribution >= 4 is 10.0 Å². The van der Waals surface area contributed by atoms with E-state index >= 15 is 0 Å². The van der Waals surface area contributed by atoms with E-state index in [1.807, 2.05) is 0 Å². The largest absolute Gasteiger partial charge is 0.243 e. The number of halogens is 1. The fourth-order valence-electron chi connectivity index (χ4n) is 2.92. The lowest BCUT2D eigenvalue weighted by molar-refractivity contribution is 0.368. The van der Waals surface area contributed by atoms with Crippen LogP contribution >= 0.6 is 0 Å². The van der Waals surface area contributed by atoms with E-state index in [0.29, 0.717) is 11.8 Å². The van der Waals surface area contributed by atoms with Crippen molar-refractivity contribution in [2.24, 2.45) is 11.8 Å². The average molecular weight is 285 g/mol. The predicted molar refractivity (Wildman–Crippen MR) is 72.7 cm³/mol. The molecule has 106 valence electrons. The first kappa shape index (κ1) is 14.5. The van der Waals surface area contributed by atoms with Crippen molar-refractivity contribution in [3.8, 4) is 0 Å². The summed E-state index contributed by atoms with van der Waals surface area (Å²) in [5, 5.41) is 0. The maximum atomic E-state index is 13.6. The van der Waals surface area contributed by atoms with Gasteiger partial charge in [-0.25, -0.2) is 17.5 Å². The Hall–Kier alpha value is -0.940. The Balaban J connectivity index is 2.17. The zero-order valence-electron chi connectivity index (χ0n) is 11.3. The van der Waals surface area contributed by atoms with Gasteiger partial charge in [-0.05, 0) is 36.8 Å². The van der Waals surface area contributed by atoms with Crippen LogP contribution in [-0.4, -0.2) is 14.5 Å². The van der Waals surface area contributed by atoms with Gasteiger partial charge in [0.25, 0.3) is 0 Å². The number of rotatable bonds is 4. The van der Waals surface area contributed by atoms with Crippen LogP contribution in [0.5, 0.6) is 0 Å². The molecule has 0 heterocycles. The summed E-state index contributed by atoms with van der Waals surface area (Å²) in [5.74, 6) is 0.146. The number of sulfonamides is 1. The summed E-state index contributed by atoms with van der Waals surface area (Å²) in [5.41, 5.74) is 0. The van der Waals surface area contributed by atoms with Crippen molar-refractivity contribution in [2.45, 2.75) is 44.0 Å². The lowest BCUT2D eigenvalue weighted by Crippen LogP contribution is -2.37. The van der Waals surface area contributed by atoms with E-state index < -0.39 is 15.8 Å². The van der Waals surface area contributed by atoms with Crippen LogP contribution in [0.1, 0.15) is 33.1 Å². The molecule has 0 spiro atoms. The molecule has 0 aliphatic heterocycles. The van der Waals surface area contributed by atoms with Gasteiger partial charge < -0.3 is 0 Å². The van der Waals surface area contributed by atoms with Gasteiger partial charge in [0.15, 0.2) is 0 Å². The molecule has 3 nitrogen and oxygen atoms in total. The monoisotopic (exact) mass is 285 g/mol. The number of benzene rings is 1. The molecule has 19 heavy (non-hydrogen) atoms. The van der Waals surface area contributed by atoms with Crippen LogP contribution in [-0.2, 0) is 10.0 Å². The van der Waals surface area contributed by atoms with Crippen LogP contribution in [0.25, 0.3) is 0 Å². The molecule has 1 N–H and O–H groups in total. The van der Waals surface area contributed by atoms with Crippen LogP contribution < -0.4 is 4.72 Å². The van der Waals surface area contributed by atoms with E-state index in [1.165, 1.54) is 24.3 Å². The van der Waals surface area contributed by atoms with Gasteiger partial charge in [0.2, 0.25) is 10.0 Å². The molecular weight excluding hydrogens is 265 g/mol. The summed E-state index contributed by atoms with van der Waals surface area (Å²) >= 11 is 0. The first-order valence-electron chi connectivity index (χ1n) is 6.72. The second-order valence-corrected chi connectivity index (χ2v) is 6.95. The van der Waals surface area contributed by atoms with E-state index in [1.54, 1.807) is 0 Å². The van der Waals surface area contributed by atoms with Crippen LogP contribution in [0.4, 0.5) is 4.39 Å². The van der Waals surface area contributed by atoms with Gasteiger partial charge in [-0.15, -0.1) is 0 Å². The summed E-state index contributed by atoms with van der Waals surface area (Å²) in [6, 6.07) is 5.40. The molecule has 5 heteroatoms. The van der Waals surface area contributed by atoms with Gasteiger partial charge in [0.05, 0.1) is 0 Å². The fraction of sp³-hybridized carbons (Fsp3) is 0.571. The Morgan fingerprint density at radius 2 is 2.00 bits per heavy atom. The fourth-order valence-corrected chi connectivity index (χ4v) is 4.36. The van der Waals surface area contributed by atoms with E-state index in [0.717, 1.165) is 19.3 Å². The second kappa shape index (κ2) is 5.59. The van der Waals surface area contributed by atoms with Crippen LogP contribution in [0.2, 0.25) is 0 Å². The maximum Gasteiger partial charge on any atom is 0.243 e. The Morgan fingerprint density at radius 1 is 1.32 bits per heavy atom. The molecule has 2 rings (SSSR count). The summed E-state index contributed by atoms with van der Waals surface area (Å²) in [7, 11) is -3.76.